The van der Waals surface area contributed by atoms with Gasteiger partial charge in [0.2, 0.25) is 5.28 Å². The van der Waals surface area contributed by atoms with Crippen molar-refractivity contribution in [1.82, 2.24) is 15.0 Å². The van der Waals surface area contributed by atoms with Crippen LogP contribution in [-0.2, 0) is 0 Å². The van der Waals surface area contributed by atoms with Crippen molar-refractivity contribution in [3.05, 3.63) is 35.6 Å². The highest BCUT2D eigenvalue weighted by Gasteiger charge is 2.14. The average molecular weight is 403 g/mol. The molecule has 0 aliphatic rings. The van der Waals surface area contributed by atoms with E-state index in [-0.39, 0.29) is 5.28 Å². The molecule has 27 heavy (non-hydrogen) atoms. The van der Waals surface area contributed by atoms with Crippen LogP contribution in [0.15, 0.2) is 30.3 Å². The third-order valence-electron chi connectivity index (χ3n) is 3.99. The van der Waals surface area contributed by atoms with E-state index >= 15 is 0 Å². The minimum atomic E-state index is 0.125. The number of fused-ring (bicyclic) bond motifs is 2. The van der Waals surface area contributed by atoms with Crippen molar-refractivity contribution in [1.29, 1.82) is 0 Å². The zero-order valence-electron chi connectivity index (χ0n) is 14.7. The van der Waals surface area contributed by atoms with E-state index in [1.807, 2.05) is 24.3 Å². The normalized spacial score (nSPS) is 11.0. The van der Waals surface area contributed by atoms with E-state index in [1.54, 1.807) is 27.4 Å². The van der Waals surface area contributed by atoms with Crippen LogP contribution >= 0.6 is 22.9 Å². The lowest BCUT2D eigenvalue weighted by Crippen LogP contribution is -1.98. The molecule has 0 unspecified atom stereocenters. The number of methoxy groups -OCH3 is 3. The molecule has 0 spiro atoms. The maximum absolute atomic E-state index is 6.11. The molecule has 0 saturated heterocycles. The number of aromatic nitrogens is 3. The van der Waals surface area contributed by atoms with Gasteiger partial charge in [-0.2, -0.15) is 4.98 Å². The minimum absolute atomic E-state index is 0.125. The van der Waals surface area contributed by atoms with E-state index in [4.69, 9.17) is 25.8 Å². The summed E-state index contributed by atoms with van der Waals surface area (Å²) in [6.07, 6.45) is 0. The lowest BCUT2D eigenvalue weighted by molar-refractivity contribution is 0.356. The summed E-state index contributed by atoms with van der Waals surface area (Å²) in [7, 11) is 4.79. The number of nitrogens with one attached hydrogen (secondary N) is 1. The second kappa shape index (κ2) is 7.05. The highest BCUT2D eigenvalue weighted by atomic mass is 35.5. The van der Waals surface area contributed by atoms with Gasteiger partial charge in [0.05, 0.1) is 37.1 Å². The number of rotatable bonds is 5. The molecule has 0 amide bonds. The highest BCUT2D eigenvalue weighted by molar-refractivity contribution is 7.22. The number of nitrogens with zero attached hydrogens (tertiary/aromatic N) is 3. The quantitative estimate of drug-likeness (QED) is 0.486. The third kappa shape index (κ3) is 3.29. The second-order valence-corrected chi connectivity index (χ2v) is 6.91. The van der Waals surface area contributed by atoms with Crippen LogP contribution in [0.25, 0.3) is 21.1 Å². The summed E-state index contributed by atoms with van der Waals surface area (Å²) in [6, 6.07) is 9.30. The second-order valence-electron chi connectivity index (χ2n) is 5.54. The first-order chi connectivity index (χ1) is 13.1. The van der Waals surface area contributed by atoms with Crippen LogP contribution in [0.3, 0.4) is 0 Å². The van der Waals surface area contributed by atoms with Gasteiger partial charge in [-0.25, -0.2) is 9.97 Å². The molecule has 0 aliphatic heterocycles. The smallest absolute Gasteiger partial charge is 0.224 e. The van der Waals surface area contributed by atoms with E-state index in [1.165, 1.54) is 11.3 Å². The predicted molar refractivity (Wildman–Crippen MR) is 107 cm³/mol. The maximum atomic E-state index is 6.11. The minimum Gasteiger partial charge on any atom is -0.497 e. The number of thiazole rings is 1. The molecule has 0 radical (unpaired) electrons. The maximum Gasteiger partial charge on any atom is 0.224 e. The SMILES string of the molecule is COc1ccc2nc(Nc3nc(Cl)nc4cc(OC)c(OC)cc34)sc2c1. The molecule has 7 nitrogen and oxygen atoms in total. The molecule has 0 atom stereocenters. The van der Waals surface area contributed by atoms with Gasteiger partial charge in [-0.1, -0.05) is 11.3 Å². The number of benzene rings is 2. The van der Waals surface area contributed by atoms with Crippen LogP contribution in [0.4, 0.5) is 10.9 Å². The van der Waals surface area contributed by atoms with Gasteiger partial charge in [0, 0.05) is 11.5 Å². The standard InChI is InChI=1S/C18H15ClN4O3S/c1-24-9-4-5-11-15(6-9)27-18(21-11)23-16-10-7-13(25-2)14(26-3)8-12(10)20-17(19)22-16/h4-8H,1-3H3,(H,20,21,22,23). The zero-order valence-corrected chi connectivity index (χ0v) is 16.3. The van der Waals surface area contributed by atoms with Gasteiger partial charge in [-0.05, 0) is 35.9 Å². The summed E-state index contributed by atoms with van der Waals surface area (Å²) < 4.78 is 17.0. The first kappa shape index (κ1) is 17.6. The summed E-state index contributed by atoms with van der Waals surface area (Å²) in [5.74, 6) is 2.47. The van der Waals surface area contributed by atoms with Crippen LogP contribution in [-0.4, -0.2) is 36.3 Å². The molecule has 4 rings (SSSR count). The van der Waals surface area contributed by atoms with Crippen molar-refractivity contribution in [3.8, 4) is 17.2 Å². The topological polar surface area (TPSA) is 78.4 Å². The zero-order chi connectivity index (χ0) is 19.0. The molecule has 4 aromatic rings. The van der Waals surface area contributed by atoms with E-state index in [9.17, 15) is 0 Å². The monoisotopic (exact) mass is 402 g/mol. The van der Waals surface area contributed by atoms with Crippen LogP contribution in [0.5, 0.6) is 17.2 Å². The lowest BCUT2D eigenvalue weighted by Gasteiger charge is -2.11. The number of hydrogen-bond acceptors (Lipinski definition) is 8. The predicted octanol–water partition coefficient (Wildman–Crippen LogP) is 4.66. The van der Waals surface area contributed by atoms with Gasteiger partial charge in [0.15, 0.2) is 16.6 Å². The Kier molecular flexibility index (Phi) is 4.59. The van der Waals surface area contributed by atoms with Crippen LogP contribution in [0, 0.1) is 0 Å². The molecule has 0 saturated carbocycles. The average Bonchev–Trinajstić information content (AvgIpc) is 3.08. The van der Waals surface area contributed by atoms with Gasteiger partial charge in [-0.15, -0.1) is 0 Å². The van der Waals surface area contributed by atoms with Gasteiger partial charge in [0.1, 0.15) is 11.6 Å². The van der Waals surface area contributed by atoms with Crippen molar-refractivity contribution in [2.45, 2.75) is 0 Å². The fourth-order valence-electron chi connectivity index (χ4n) is 2.71. The van der Waals surface area contributed by atoms with E-state index in [0.29, 0.717) is 28.0 Å². The fourth-order valence-corrected chi connectivity index (χ4v) is 3.78. The molecular formula is C18H15ClN4O3S. The van der Waals surface area contributed by atoms with Crippen LogP contribution < -0.4 is 19.5 Å². The largest absolute Gasteiger partial charge is 0.497 e. The number of ether oxygens (including phenoxy) is 3. The Balaban J connectivity index is 1.81. The first-order valence-electron chi connectivity index (χ1n) is 7.92. The lowest BCUT2D eigenvalue weighted by atomic mass is 10.2. The summed E-state index contributed by atoms with van der Waals surface area (Å²) in [6.45, 7) is 0. The summed E-state index contributed by atoms with van der Waals surface area (Å²) in [5, 5.41) is 4.79. The molecule has 9 heteroatoms. The van der Waals surface area contributed by atoms with Crippen molar-refractivity contribution in [2.24, 2.45) is 0 Å². The van der Waals surface area contributed by atoms with Gasteiger partial charge >= 0.3 is 0 Å². The van der Waals surface area contributed by atoms with Crippen molar-refractivity contribution >= 4 is 55.0 Å². The Labute approximate surface area is 163 Å². The van der Waals surface area contributed by atoms with E-state index in [0.717, 1.165) is 21.4 Å². The van der Waals surface area contributed by atoms with Crippen molar-refractivity contribution in [3.63, 3.8) is 0 Å². The van der Waals surface area contributed by atoms with Gasteiger partial charge < -0.3 is 19.5 Å². The molecule has 0 aliphatic carbocycles. The summed E-state index contributed by atoms with van der Waals surface area (Å²) in [5.41, 5.74) is 1.50. The van der Waals surface area contributed by atoms with E-state index in [2.05, 4.69) is 20.3 Å². The Morgan fingerprint density at radius 3 is 2.41 bits per heavy atom. The Hall–Kier alpha value is -2.84. The fraction of sp³-hybridized carbons (Fsp3) is 0.167. The number of halogens is 1. The molecule has 2 aromatic carbocycles. The Bertz CT molecular complexity index is 1150. The number of anilines is 2. The molecule has 2 heterocycles. The molecule has 0 bridgehead atoms. The van der Waals surface area contributed by atoms with Crippen molar-refractivity contribution < 1.29 is 14.2 Å². The number of hydrogen-bond donors (Lipinski definition) is 1. The van der Waals surface area contributed by atoms with Gasteiger partial charge in [-0.3, -0.25) is 0 Å². The molecule has 2 aromatic heterocycles. The van der Waals surface area contributed by atoms with Crippen molar-refractivity contribution in [2.75, 3.05) is 26.6 Å². The molecule has 1 N–H and O–H groups in total. The first-order valence-corrected chi connectivity index (χ1v) is 9.11. The molecular weight excluding hydrogens is 388 g/mol. The summed E-state index contributed by atoms with van der Waals surface area (Å²) >= 11 is 7.60. The van der Waals surface area contributed by atoms with Gasteiger partial charge in [0.25, 0.3) is 0 Å². The van der Waals surface area contributed by atoms with Crippen LogP contribution in [0.1, 0.15) is 0 Å². The summed E-state index contributed by atoms with van der Waals surface area (Å²) in [4.78, 5) is 13.2. The Morgan fingerprint density at radius 1 is 0.889 bits per heavy atom. The molecule has 0 fully saturated rings. The Morgan fingerprint density at radius 2 is 1.67 bits per heavy atom. The van der Waals surface area contributed by atoms with Crippen LogP contribution in [0.2, 0.25) is 5.28 Å². The van der Waals surface area contributed by atoms with E-state index < -0.39 is 0 Å². The molecule has 138 valence electrons. The third-order valence-corrected chi connectivity index (χ3v) is 5.10. The highest BCUT2D eigenvalue weighted by Crippen LogP contribution is 2.37.